The normalized spacial score (nSPS) is 13.7. The number of hydrogen-bond donors (Lipinski definition) is 1. The molecule has 1 aliphatic rings. The number of carbonyl (C=O) groups is 4. The van der Waals surface area contributed by atoms with Crippen LogP contribution in [0.25, 0.3) is 0 Å². The third-order valence-electron chi connectivity index (χ3n) is 4.57. The van der Waals surface area contributed by atoms with Crippen molar-refractivity contribution in [2.45, 2.75) is 6.42 Å². The van der Waals surface area contributed by atoms with Gasteiger partial charge in [-0.1, -0.05) is 12.1 Å². The molecular formula is C20H21N3O6. The van der Waals surface area contributed by atoms with Crippen molar-refractivity contribution in [3.8, 4) is 0 Å². The van der Waals surface area contributed by atoms with Gasteiger partial charge in [-0.15, -0.1) is 0 Å². The SMILES string of the molecule is COC(=O)c1ccccc1NC(=O)CC(=O)N1CCN(C(=O)c2ccco2)CC1. The molecule has 0 atom stereocenters. The van der Waals surface area contributed by atoms with Gasteiger partial charge in [0.1, 0.15) is 6.42 Å². The molecule has 1 fully saturated rings. The lowest BCUT2D eigenvalue weighted by molar-refractivity contribution is -0.135. The van der Waals surface area contributed by atoms with Crippen LogP contribution in [0, 0.1) is 0 Å². The molecule has 9 nitrogen and oxygen atoms in total. The first kappa shape index (κ1) is 20.1. The summed E-state index contributed by atoms with van der Waals surface area (Å²) in [5.41, 5.74) is 0.492. The van der Waals surface area contributed by atoms with E-state index in [1.54, 1.807) is 35.2 Å². The Labute approximate surface area is 167 Å². The van der Waals surface area contributed by atoms with Crippen molar-refractivity contribution >= 4 is 29.4 Å². The highest BCUT2D eigenvalue weighted by atomic mass is 16.5. The maximum atomic E-state index is 12.4. The number of methoxy groups -OCH3 is 1. The van der Waals surface area contributed by atoms with Crippen LogP contribution in [0.2, 0.25) is 0 Å². The first-order valence-corrected chi connectivity index (χ1v) is 9.07. The molecule has 0 unspecified atom stereocenters. The molecule has 1 saturated heterocycles. The predicted molar refractivity (Wildman–Crippen MR) is 102 cm³/mol. The number of piperazine rings is 1. The molecule has 3 rings (SSSR count). The Bertz CT molecular complexity index is 901. The zero-order valence-electron chi connectivity index (χ0n) is 15.9. The van der Waals surface area contributed by atoms with E-state index in [1.165, 1.54) is 24.3 Å². The van der Waals surface area contributed by atoms with Crippen LogP contribution < -0.4 is 5.32 Å². The van der Waals surface area contributed by atoms with Gasteiger partial charge in [0.25, 0.3) is 5.91 Å². The molecular weight excluding hydrogens is 378 g/mol. The lowest BCUT2D eigenvalue weighted by atomic mass is 10.1. The van der Waals surface area contributed by atoms with Crippen molar-refractivity contribution in [1.82, 2.24) is 9.80 Å². The van der Waals surface area contributed by atoms with Gasteiger partial charge in [0.2, 0.25) is 11.8 Å². The number of rotatable bonds is 5. The number of furan rings is 1. The summed E-state index contributed by atoms with van der Waals surface area (Å²) in [6.07, 6.45) is 1.08. The van der Waals surface area contributed by atoms with Gasteiger partial charge in [0.15, 0.2) is 5.76 Å². The molecule has 29 heavy (non-hydrogen) atoms. The second-order valence-electron chi connectivity index (χ2n) is 6.41. The fourth-order valence-electron chi connectivity index (χ4n) is 3.04. The van der Waals surface area contributed by atoms with Gasteiger partial charge in [-0.2, -0.15) is 0 Å². The topological polar surface area (TPSA) is 109 Å². The van der Waals surface area contributed by atoms with Crippen molar-refractivity contribution in [3.63, 3.8) is 0 Å². The largest absolute Gasteiger partial charge is 0.465 e. The maximum Gasteiger partial charge on any atom is 0.339 e. The Kier molecular flexibility index (Phi) is 6.28. The van der Waals surface area contributed by atoms with E-state index in [0.29, 0.717) is 26.2 Å². The Hall–Kier alpha value is -3.62. The lowest BCUT2D eigenvalue weighted by Crippen LogP contribution is -2.51. The monoisotopic (exact) mass is 399 g/mol. The molecule has 0 saturated carbocycles. The van der Waals surface area contributed by atoms with Crippen LogP contribution in [-0.2, 0) is 14.3 Å². The highest BCUT2D eigenvalue weighted by Crippen LogP contribution is 2.17. The number of hydrogen-bond acceptors (Lipinski definition) is 6. The van der Waals surface area contributed by atoms with Gasteiger partial charge in [-0.25, -0.2) is 4.79 Å². The molecule has 2 aromatic rings. The zero-order chi connectivity index (χ0) is 20.8. The number of carbonyl (C=O) groups excluding carboxylic acids is 4. The molecule has 152 valence electrons. The smallest absolute Gasteiger partial charge is 0.339 e. The molecule has 0 spiro atoms. The Morgan fingerprint density at radius 1 is 1.00 bits per heavy atom. The first-order chi connectivity index (χ1) is 14.0. The number of nitrogens with one attached hydrogen (secondary N) is 1. The standard InChI is InChI=1S/C20H21N3O6/c1-28-20(27)14-5-2-3-6-15(14)21-17(24)13-18(25)22-8-10-23(11-9-22)19(26)16-7-4-12-29-16/h2-7,12H,8-11,13H2,1H3,(H,21,24). The number of para-hydroxylation sites is 1. The third kappa shape index (κ3) is 4.81. The summed E-state index contributed by atoms with van der Waals surface area (Å²) in [6, 6.07) is 9.64. The fraction of sp³-hybridized carbons (Fsp3) is 0.300. The summed E-state index contributed by atoms with van der Waals surface area (Å²) in [6.45, 7) is 1.38. The van der Waals surface area contributed by atoms with E-state index in [9.17, 15) is 19.2 Å². The van der Waals surface area contributed by atoms with Crippen molar-refractivity contribution in [1.29, 1.82) is 0 Å². The fourth-order valence-corrected chi connectivity index (χ4v) is 3.04. The predicted octanol–water partition coefficient (Wildman–Crippen LogP) is 1.38. The van der Waals surface area contributed by atoms with E-state index >= 15 is 0 Å². The molecule has 3 amide bonds. The van der Waals surface area contributed by atoms with Crippen LogP contribution in [0.1, 0.15) is 27.3 Å². The highest BCUT2D eigenvalue weighted by molar-refractivity contribution is 6.06. The van der Waals surface area contributed by atoms with E-state index in [0.717, 1.165) is 0 Å². The van der Waals surface area contributed by atoms with Crippen LogP contribution in [0.4, 0.5) is 5.69 Å². The Morgan fingerprint density at radius 3 is 2.34 bits per heavy atom. The molecule has 1 aromatic heterocycles. The summed E-state index contributed by atoms with van der Waals surface area (Å²) in [4.78, 5) is 51.9. The quantitative estimate of drug-likeness (QED) is 0.601. The van der Waals surface area contributed by atoms with Gasteiger partial charge in [0, 0.05) is 26.2 Å². The number of esters is 1. The zero-order valence-corrected chi connectivity index (χ0v) is 15.9. The highest BCUT2D eigenvalue weighted by Gasteiger charge is 2.27. The van der Waals surface area contributed by atoms with Crippen LogP contribution >= 0.6 is 0 Å². The molecule has 0 bridgehead atoms. The van der Waals surface area contributed by atoms with Crippen molar-refractivity contribution < 1.29 is 28.3 Å². The number of ether oxygens (including phenoxy) is 1. The summed E-state index contributed by atoms with van der Waals surface area (Å²) >= 11 is 0. The minimum atomic E-state index is -0.579. The first-order valence-electron chi connectivity index (χ1n) is 9.07. The summed E-state index contributed by atoms with van der Waals surface area (Å²) < 4.78 is 9.80. The van der Waals surface area contributed by atoms with Gasteiger partial charge >= 0.3 is 5.97 Å². The molecule has 1 aliphatic heterocycles. The Balaban J connectivity index is 1.52. The Morgan fingerprint density at radius 2 is 1.69 bits per heavy atom. The van der Waals surface area contributed by atoms with Crippen LogP contribution in [0.15, 0.2) is 47.1 Å². The summed E-state index contributed by atoms with van der Waals surface area (Å²) in [5.74, 6) is -1.42. The molecule has 0 aliphatic carbocycles. The van der Waals surface area contributed by atoms with Gasteiger partial charge in [-0.3, -0.25) is 14.4 Å². The number of nitrogens with zero attached hydrogens (tertiary/aromatic N) is 2. The second kappa shape index (κ2) is 9.05. The van der Waals surface area contributed by atoms with Crippen LogP contribution in [-0.4, -0.2) is 66.8 Å². The van der Waals surface area contributed by atoms with E-state index in [2.05, 4.69) is 10.1 Å². The molecule has 1 aromatic carbocycles. The van der Waals surface area contributed by atoms with Crippen LogP contribution in [0.3, 0.4) is 0 Å². The minimum absolute atomic E-state index is 0.209. The second-order valence-corrected chi connectivity index (χ2v) is 6.41. The van der Waals surface area contributed by atoms with Gasteiger partial charge in [0.05, 0.1) is 24.6 Å². The van der Waals surface area contributed by atoms with E-state index in [1.807, 2.05) is 0 Å². The van der Waals surface area contributed by atoms with E-state index in [4.69, 9.17) is 4.42 Å². The van der Waals surface area contributed by atoms with Crippen molar-refractivity contribution in [2.24, 2.45) is 0 Å². The third-order valence-corrected chi connectivity index (χ3v) is 4.57. The molecule has 0 radical (unpaired) electrons. The molecule has 2 heterocycles. The van der Waals surface area contributed by atoms with Crippen LogP contribution in [0.5, 0.6) is 0 Å². The number of benzene rings is 1. The van der Waals surface area contributed by atoms with Gasteiger partial charge in [-0.05, 0) is 24.3 Å². The lowest BCUT2D eigenvalue weighted by Gasteiger charge is -2.34. The average Bonchev–Trinajstić information content (AvgIpc) is 3.28. The minimum Gasteiger partial charge on any atom is -0.465 e. The average molecular weight is 399 g/mol. The van der Waals surface area contributed by atoms with E-state index in [-0.39, 0.29) is 35.2 Å². The van der Waals surface area contributed by atoms with Crippen molar-refractivity contribution in [2.75, 3.05) is 38.6 Å². The number of anilines is 1. The molecule has 1 N–H and O–H groups in total. The maximum absolute atomic E-state index is 12.4. The summed E-state index contributed by atoms with van der Waals surface area (Å²) in [7, 11) is 1.25. The van der Waals surface area contributed by atoms with Crippen molar-refractivity contribution in [3.05, 3.63) is 54.0 Å². The van der Waals surface area contributed by atoms with E-state index < -0.39 is 11.9 Å². The number of amides is 3. The molecule has 9 heteroatoms. The van der Waals surface area contributed by atoms with Gasteiger partial charge < -0.3 is 24.3 Å². The summed E-state index contributed by atoms with van der Waals surface area (Å²) in [5, 5.41) is 2.58.